The topological polar surface area (TPSA) is 66.8 Å². The van der Waals surface area contributed by atoms with Gasteiger partial charge in [0, 0.05) is 0 Å². The lowest BCUT2D eigenvalue weighted by Gasteiger charge is -2.71. The largest absolute Gasteiger partial charge is 0.465 e. The molecule has 5 aliphatic carbocycles. The Balaban J connectivity index is 1.58. The van der Waals surface area contributed by atoms with Gasteiger partial charge in [0.05, 0.1) is 24.2 Å². The average molecular weight is 515 g/mol. The van der Waals surface area contributed by atoms with Crippen LogP contribution in [0.4, 0.5) is 0 Å². The van der Waals surface area contributed by atoms with Crippen molar-refractivity contribution in [1.29, 1.82) is 0 Å². The fraction of sp³-hybridized carbons (Fsp3) is 0.909. The van der Waals surface area contributed by atoms with E-state index < -0.39 is 12.2 Å². The molecule has 4 fully saturated rings. The first-order valence-electron chi connectivity index (χ1n) is 15.3. The van der Waals surface area contributed by atoms with E-state index in [0.29, 0.717) is 24.9 Å². The zero-order chi connectivity index (χ0) is 27.2. The van der Waals surface area contributed by atoms with Crippen molar-refractivity contribution < 1.29 is 19.7 Å². The van der Waals surface area contributed by atoms with Crippen molar-refractivity contribution in [3.63, 3.8) is 0 Å². The SMILES string of the molecule is CCCOC(=O)[C@]12CCC(C)(C)C[C@H]1C1=CC[C@@H]3[C@@]4(C)C[C@H](O)[C@H](O)C(C)(C)[C@@H]4CC[C@@]3(C)[C@@]1(C)CC2. The van der Waals surface area contributed by atoms with Gasteiger partial charge in [-0.2, -0.15) is 0 Å². The molecule has 0 radical (unpaired) electrons. The summed E-state index contributed by atoms with van der Waals surface area (Å²) in [6.07, 6.45) is 11.1. The van der Waals surface area contributed by atoms with Crippen molar-refractivity contribution in [3.8, 4) is 0 Å². The van der Waals surface area contributed by atoms with E-state index in [1.807, 2.05) is 0 Å². The van der Waals surface area contributed by atoms with Gasteiger partial charge >= 0.3 is 5.97 Å². The number of aliphatic hydroxyl groups excluding tert-OH is 2. The van der Waals surface area contributed by atoms with Crippen molar-refractivity contribution in [2.75, 3.05) is 6.61 Å². The number of ether oxygens (including phenoxy) is 1. The number of rotatable bonds is 3. The summed E-state index contributed by atoms with van der Waals surface area (Å²) in [6.45, 7) is 19.2. The maximum atomic E-state index is 13.7. The maximum absolute atomic E-state index is 13.7. The zero-order valence-electron chi connectivity index (χ0n) is 25.0. The highest BCUT2D eigenvalue weighted by Crippen LogP contribution is 2.75. The molecule has 9 atom stereocenters. The molecule has 5 aliphatic rings. The summed E-state index contributed by atoms with van der Waals surface area (Å²) in [4.78, 5) is 13.7. The Morgan fingerprint density at radius 3 is 2.30 bits per heavy atom. The second-order valence-electron chi connectivity index (χ2n) is 16.0. The molecule has 0 unspecified atom stereocenters. The van der Waals surface area contributed by atoms with Gasteiger partial charge in [0.2, 0.25) is 0 Å². The van der Waals surface area contributed by atoms with Gasteiger partial charge in [-0.15, -0.1) is 0 Å². The molecule has 0 amide bonds. The molecule has 2 N–H and O–H groups in total. The molecular formula is C33H54O4. The lowest BCUT2D eigenvalue weighted by Crippen LogP contribution is -2.67. The number of carbonyl (C=O) groups is 1. The van der Waals surface area contributed by atoms with Gasteiger partial charge in [0.1, 0.15) is 0 Å². The van der Waals surface area contributed by atoms with Crippen LogP contribution in [0.15, 0.2) is 11.6 Å². The molecule has 0 aromatic heterocycles. The molecule has 37 heavy (non-hydrogen) atoms. The highest BCUT2D eigenvalue weighted by atomic mass is 16.5. The number of aliphatic hydroxyl groups is 2. The summed E-state index contributed by atoms with van der Waals surface area (Å²) in [6, 6.07) is 0. The summed E-state index contributed by atoms with van der Waals surface area (Å²) in [5.74, 6) is 1.19. The first-order valence-corrected chi connectivity index (χ1v) is 15.3. The molecule has 0 aromatic carbocycles. The second-order valence-corrected chi connectivity index (χ2v) is 16.0. The first-order chi connectivity index (χ1) is 17.1. The third kappa shape index (κ3) is 3.63. The van der Waals surface area contributed by atoms with Crippen molar-refractivity contribution in [2.45, 2.75) is 132 Å². The van der Waals surface area contributed by atoms with E-state index in [1.165, 1.54) is 0 Å². The van der Waals surface area contributed by atoms with E-state index in [9.17, 15) is 15.0 Å². The smallest absolute Gasteiger partial charge is 0.312 e. The highest BCUT2D eigenvalue weighted by molar-refractivity contribution is 5.78. The van der Waals surface area contributed by atoms with Crippen LogP contribution < -0.4 is 0 Å². The molecule has 4 saturated carbocycles. The van der Waals surface area contributed by atoms with Gasteiger partial charge in [0.25, 0.3) is 0 Å². The minimum absolute atomic E-state index is 0.0133. The third-order valence-electron chi connectivity index (χ3n) is 13.4. The standard InChI is InChI=1S/C33H54O4/c1-9-18-37-27(36)33-16-14-28(2,3)19-22(33)21-10-11-25-30(6)20-23(34)26(35)29(4,5)24(30)12-13-32(25,8)31(21,7)15-17-33/h10,22-26,34-35H,9,11-20H2,1-8H3/t22-,23-,24-,25+,26-,30-,31-,32+,33-/m0/s1. The summed E-state index contributed by atoms with van der Waals surface area (Å²) in [5.41, 5.74) is 1.26. The Labute approximate surface area is 226 Å². The van der Waals surface area contributed by atoms with Gasteiger partial charge in [-0.25, -0.2) is 0 Å². The lowest BCUT2D eigenvalue weighted by atomic mass is 9.33. The van der Waals surface area contributed by atoms with Gasteiger partial charge in [-0.1, -0.05) is 67.0 Å². The van der Waals surface area contributed by atoms with Crippen LogP contribution in [0.2, 0.25) is 0 Å². The zero-order valence-corrected chi connectivity index (χ0v) is 25.0. The van der Waals surface area contributed by atoms with Crippen molar-refractivity contribution in [3.05, 3.63) is 11.6 Å². The molecular weight excluding hydrogens is 460 g/mol. The van der Waals surface area contributed by atoms with Crippen molar-refractivity contribution in [2.24, 2.45) is 50.2 Å². The minimum atomic E-state index is -0.664. The maximum Gasteiger partial charge on any atom is 0.312 e. The molecule has 4 nitrogen and oxygen atoms in total. The van der Waals surface area contributed by atoms with Crippen LogP contribution in [0.5, 0.6) is 0 Å². The Kier molecular flexibility index (Phi) is 6.41. The minimum Gasteiger partial charge on any atom is -0.465 e. The number of allylic oxidation sites excluding steroid dienone is 2. The van der Waals surface area contributed by atoms with E-state index in [-0.39, 0.29) is 44.4 Å². The van der Waals surface area contributed by atoms with Gasteiger partial charge < -0.3 is 14.9 Å². The lowest BCUT2D eigenvalue weighted by molar-refractivity contribution is -0.232. The van der Waals surface area contributed by atoms with E-state index in [4.69, 9.17) is 4.74 Å². The van der Waals surface area contributed by atoms with Crippen LogP contribution in [-0.2, 0) is 9.53 Å². The van der Waals surface area contributed by atoms with Crippen LogP contribution in [0.25, 0.3) is 0 Å². The van der Waals surface area contributed by atoms with Gasteiger partial charge in [-0.05, 0) is 109 Å². The third-order valence-corrected chi connectivity index (χ3v) is 13.4. The van der Waals surface area contributed by atoms with Crippen LogP contribution in [0, 0.1) is 50.2 Å². The molecule has 0 heterocycles. The summed E-state index contributed by atoms with van der Waals surface area (Å²) in [5, 5.41) is 22.0. The molecule has 210 valence electrons. The van der Waals surface area contributed by atoms with Gasteiger partial charge in [0.15, 0.2) is 0 Å². The number of fused-ring (bicyclic) bond motifs is 7. The number of hydrogen-bond acceptors (Lipinski definition) is 4. The van der Waals surface area contributed by atoms with Crippen LogP contribution >= 0.6 is 0 Å². The molecule has 0 spiro atoms. The molecule has 0 aliphatic heterocycles. The van der Waals surface area contributed by atoms with Crippen molar-refractivity contribution in [1.82, 2.24) is 0 Å². The molecule has 0 aromatic rings. The number of carbonyl (C=O) groups excluding carboxylic acids is 1. The quantitative estimate of drug-likeness (QED) is 0.312. The predicted molar refractivity (Wildman–Crippen MR) is 148 cm³/mol. The van der Waals surface area contributed by atoms with E-state index in [2.05, 4.69) is 61.5 Å². The highest BCUT2D eigenvalue weighted by Gasteiger charge is 2.70. The van der Waals surface area contributed by atoms with Crippen molar-refractivity contribution >= 4 is 5.97 Å². The Bertz CT molecular complexity index is 965. The Morgan fingerprint density at radius 2 is 1.62 bits per heavy atom. The molecule has 5 rings (SSSR count). The molecule has 0 bridgehead atoms. The normalized spacial score (nSPS) is 50.0. The van der Waals surface area contributed by atoms with Crippen LogP contribution in [0.3, 0.4) is 0 Å². The predicted octanol–water partition coefficient (Wildman–Crippen LogP) is 7.07. The van der Waals surface area contributed by atoms with Crippen LogP contribution in [-0.4, -0.2) is 35.0 Å². The Hall–Kier alpha value is -0.870. The molecule has 4 heteroatoms. The van der Waals surface area contributed by atoms with E-state index in [1.54, 1.807) is 5.57 Å². The van der Waals surface area contributed by atoms with Crippen LogP contribution in [0.1, 0.15) is 120 Å². The summed E-state index contributed by atoms with van der Waals surface area (Å²) in [7, 11) is 0. The monoisotopic (exact) mass is 514 g/mol. The second kappa shape index (κ2) is 8.56. The molecule has 0 saturated heterocycles. The van der Waals surface area contributed by atoms with E-state index in [0.717, 1.165) is 57.8 Å². The van der Waals surface area contributed by atoms with Gasteiger partial charge in [-0.3, -0.25) is 4.79 Å². The van der Waals surface area contributed by atoms with E-state index >= 15 is 0 Å². The Morgan fingerprint density at radius 1 is 0.946 bits per heavy atom. The fourth-order valence-corrected chi connectivity index (χ4v) is 11.1. The summed E-state index contributed by atoms with van der Waals surface area (Å²) < 4.78 is 5.92. The average Bonchev–Trinajstić information content (AvgIpc) is 2.81. The number of hydrogen-bond donors (Lipinski definition) is 2. The summed E-state index contributed by atoms with van der Waals surface area (Å²) >= 11 is 0. The first kappa shape index (κ1) is 27.7. The fourth-order valence-electron chi connectivity index (χ4n) is 11.1. The number of esters is 1.